The second-order valence-corrected chi connectivity index (χ2v) is 7.13. The van der Waals surface area contributed by atoms with Crippen molar-refractivity contribution >= 4 is 0 Å². The minimum atomic E-state index is 0.255. The lowest BCUT2D eigenvalue weighted by atomic mass is 9.83. The first-order valence-corrected chi connectivity index (χ1v) is 6.91. The van der Waals surface area contributed by atoms with E-state index in [1.54, 1.807) is 0 Å². The average molecular weight is 240 g/mol. The summed E-state index contributed by atoms with van der Waals surface area (Å²) in [4.78, 5) is 2.67. The SMILES string of the molecule is CC1CNC(C(C)(C)C)CN1C1(C)CCOC1. The van der Waals surface area contributed by atoms with Crippen LogP contribution in [0.3, 0.4) is 0 Å². The minimum Gasteiger partial charge on any atom is -0.379 e. The van der Waals surface area contributed by atoms with Crippen molar-refractivity contribution in [1.29, 1.82) is 0 Å². The van der Waals surface area contributed by atoms with Crippen molar-refractivity contribution in [2.45, 2.75) is 58.7 Å². The third-order valence-corrected chi connectivity index (χ3v) is 4.51. The van der Waals surface area contributed by atoms with Crippen LogP contribution >= 0.6 is 0 Å². The molecule has 0 aromatic rings. The molecule has 0 aromatic heterocycles. The van der Waals surface area contributed by atoms with E-state index in [2.05, 4.69) is 44.8 Å². The van der Waals surface area contributed by atoms with Gasteiger partial charge in [-0.2, -0.15) is 0 Å². The fourth-order valence-corrected chi connectivity index (χ4v) is 3.08. The summed E-state index contributed by atoms with van der Waals surface area (Å²) in [6.45, 7) is 15.7. The van der Waals surface area contributed by atoms with Crippen molar-refractivity contribution in [2.24, 2.45) is 5.41 Å². The molecule has 0 amide bonds. The zero-order valence-electron chi connectivity index (χ0n) is 12.0. The summed E-state index contributed by atoms with van der Waals surface area (Å²) in [5, 5.41) is 3.70. The molecule has 0 radical (unpaired) electrons. The molecule has 3 unspecified atom stereocenters. The molecule has 0 saturated carbocycles. The number of hydrogen-bond donors (Lipinski definition) is 1. The number of ether oxygens (including phenoxy) is 1. The van der Waals surface area contributed by atoms with Crippen LogP contribution in [0.15, 0.2) is 0 Å². The molecule has 0 spiro atoms. The standard InChI is InChI=1S/C14H28N2O/c1-11-8-15-12(13(2,3)4)9-16(11)14(5)6-7-17-10-14/h11-12,15H,6-10H2,1-5H3. The fourth-order valence-electron chi connectivity index (χ4n) is 3.08. The molecule has 2 aliphatic rings. The maximum atomic E-state index is 5.62. The van der Waals surface area contributed by atoms with Crippen LogP contribution in [0.2, 0.25) is 0 Å². The summed E-state index contributed by atoms with van der Waals surface area (Å²) in [7, 11) is 0. The van der Waals surface area contributed by atoms with Gasteiger partial charge in [-0.05, 0) is 25.7 Å². The number of nitrogens with one attached hydrogen (secondary N) is 1. The lowest BCUT2D eigenvalue weighted by Crippen LogP contribution is -2.65. The number of hydrogen-bond acceptors (Lipinski definition) is 3. The molecule has 2 rings (SSSR count). The predicted octanol–water partition coefficient (Wildman–Crippen LogP) is 1.87. The number of nitrogens with zero attached hydrogens (tertiary/aromatic N) is 1. The second kappa shape index (κ2) is 4.52. The van der Waals surface area contributed by atoms with Crippen LogP contribution < -0.4 is 5.32 Å². The van der Waals surface area contributed by atoms with Crippen LogP contribution in [0.25, 0.3) is 0 Å². The second-order valence-electron chi connectivity index (χ2n) is 7.13. The van der Waals surface area contributed by atoms with Crippen LogP contribution in [0.1, 0.15) is 41.0 Å². The van der Waals surface area contributed by atoms with E-state index >= 15 is 0 Å². The van der Waals surface area contributed by atoms with E-state index in [0.29, 0.717) is 17.5 Å². The molecule has 0 aromatic carbocycles. The molecule has 100 valence electrons. The molecule has 2 saturated heterocycles. The van der Waals surface area contributed by atoms with Gasteiger partial charge < -0.3 is 10.1 Å². The van der Waals surface area contributed by atoms with Gasteiger partial charge in [-0.1, -0.05) is 20.8 Å². The maximum Gasteiger partial charge on any atom is 0.0648 e. The van der Waals surface area contributed by atoms with Gasteiger partial charge in [0.2, 0.25) is 0 Å². The van der Waals surface area contributed by atoms with E-state index in [1.807, 2.05) is 0 Å². The molecule has 2 heterocycles. The highest BCUT2D eigenvalue weighted by molar-refractivity contribution is 4.99. The van der Waals surface area contributed by atoms with Crippen molar-refractivity contribution in [3.05, 3.63) is 0 Å². The monoisotopic (exact) mass is 240 g/mol. The lowest BCUT2D eigenvalue weighted by Gasteiger charge is -2.50. The van der Waals surface area contributed by atoms with Gasteiger partial charge >= 0.3 is 0 Å². The molecular formula is C14H28N2O. The average Bonchev–Trinajstić information content (AvgIpc) is 2.65. The molecule has 17 heavy (non-hydrogen) atoms. The molecule has 1 N–H and O–H groups in total. The maximum absolute atomic E-state index is 5.62. The molecule has 3 nitrogen and oxygen atoms in total. The van der Waals surface area contributed by atoms with Crippen molar-refractivity contribution in [3.63, 3.8) is 0 Å². The van der Waals surface area contributed by atoms with Gasteiger partial charge in [0, 0.05) is 37.3 Å². The van der Waals surface area contributed by atoms with Gasteiger partial charge in [-0.3, -0.25) is 4.90 Å². The quantitative estimate of drug-likeness (QED) is 0.757. The van der Waals surface area contributed by atoms with Crippen LogP contribution in [0.5, 0.6) is 0 Å². The van der Waals surface area contributed by atoms with E-state index in [1.165, 1.54) is 6.42 Å². The number of piperazine rings is 1. The highest BCUT2D eigenvalue weighted by atomic mass is 16.5. The van der Waals surface area contributed by atoms with E-state index in [0.717, 1.165) is 26.3 Å². The number of rotatable bonds is 1. The molecule has 2 fully saturated rings. The Hall–Kier alpha value is -0.120. The summed E-state index contributed by atoms with van der Waals surface area (Å²) >= 11 is 0. The normalized spacial score (nSPS) is 40.8. The largest absolute Gasteiger partial charge is 0.379 e. The summed E-state index contributed by atoms with van der Waals surface area (Å²) in [6, 6.07) is 1.19. The van der Waals surface area contributed by atoms with Gasteiger partial charge in [0.05, 0.1) is 6.61 Å². The Balaban J connectivity index is 2.10. The molecule has 2 aliphatic heterocycles. The van der Waals surface area contributed by atoms with Crippen LogP contribution in [-0.4, -0.2) is 48.8 Å². The van der Waals surface area contributed by atoms with E-state index in [-0.39, 0.29) is 5.54 Å². The van der Waals surface area contributed by atoms with Crippen molar-refractivity contribution < 1.29 is 4.74 Å². The van der Waals surface area contributed by atoms with Crippen molar-refractivity contribution in [3.8, 4) is 0 Å². The Morgan fingerprint density at radius 1 is 1.35 bits per heavy atom. The Morgan fingerprint density at radius 2 is 2.06 bits per heavy atom. The first-order chi connectivity index (χ1) is 7.83. The lowest BCUT2D eigenvalue weighted by molar-refractivity contribution is 0.000549. The van der Waals surface area contributed by atoms with Crippen LogP contribution in [-0.2, 0) is 4.74 Å². The van der Waals surface area contributed by atoms with Crippen molar-refractivity contribution in [1.82, 2.24) is 10.2 Å². The summed E-state index contributed by atoms with van der Waals surface area (Å²) in [6.07, 6.45) is 1.17. The molecule has 3 heteroatoms. The summed E-state index contributed by atoms with van der Waals surface area (Å²) < 4.78 is 5.62. The summed E-state index contributed by atoms with van der Waals surface area (Å²) in [5.74, 6) is 0. The Labute approximate surface area is 106 Å². The Morgan fingerprint density at radius 3 is 2.59 bits per heavy atom. The minimum absolute atomic E-state index is 0.255. The van der Waals surface area contributed by atoms with E-state index < -0.39 is 0 Å². The smallest absolute Gasteiger partial charge is 0.0648 e. The van der Waals surface area contributed by atoms with Gasteiger partial charge in [0.1, 0.15) is 0 Å². The summed E-state index contributed by atoms with van der Waals surface area (Å²) in [5.41, 5.74) is 0.583. The predicted molar refractivity (Wildman–Crippen MR) is 71.3 cm³/mol. The van der Waals surface area contributed by atoms with Crippen LogP contribution in [0.4, 0.5) is 0 Å². The van der Waals surface area contributed by atoms with Gasteiger partial charge in [0.25, 0.3) is 0 Å². The van der Waals surface area contributed by atoms with Gasteiger partial charge in [-0.15, -0.1) is 0 Å². The highest BCUT2D eigenvalue weighted by Gasteiger charge is 2.43. The topological polar surface area (TPSA) is 24.5 Å². The third kappa shape index (κ3) is 2.67. The fraction of sp³-hybridized carbons (Fsp3) is 1.00. The Bertz CT molecular complexity index is 266. The Kier molecular flexibility index (Phi) is 3.54. The van der Waals surface area contributed by atoms with Gasteiger partial charge in [0.15, 0.2) is 0 Å². The van der Waals surface area contributed by atoms with Crippen molar-refractivity contribution in [2.75, 3.05) is 26.3 Å². The van der Waals surface area contributed by atoms with Crippen LogP contribution in [0, 0.1) is 5.41 Å². The molecular weight excluding hydrogens is 212 g/mol. The first-order valence-electron chi connectivity index (χ1n) is 6.91. The zero-order chi connectivity index (χ0) is 12.7. The molecule has 0 bridgehead atoms. The van der Waals surface area contributed by atoms with E-state index in [4.69, 9.17) is 4.74 Å². The third-order valence-electron chi connectivity index (χ3n) is 4.51. The first kappa shape index (κ1) is 13.3. The highest BCUT2D eigenvalue weighted by Crippen LogP contribution is 2.32. The molecule has 0 aliphatic carbocycles. The van der Waals surface area contributed by atoms with Gasteiger partial charge in [-0.25, -0.2) is 0 Å². The zero-order valence-corrected chi connectivity index (χ0v) is 12.0. The van der Waals surface area contributed by atoms with E-state index in [9.17, 15) is 0 Å². The molecule has 3 atom stereocenters.